The van der Waals surface area contributed by atoms with Gasteiger partial charge >= 0.3 is 0 Å². The summed E-state index contributed by atoms with van der Waals surface area (Å²) in [6.07, 6.45) is 1.68. The Morgan fingerprint density at radius 1 is 1.11 bits per heavy atom. The molecule has 0 saturated heterocycles. The molecule has 0 atom stereocenters. The predicted octanol–water partition coefficient (Wildman–Crippen LogP) is 3.60. The van der Waals surface area contributed by atoms with Crippen molar-refractivity contribution in [2.75, 3.05) is 5.32 Å². The minimum atomic E-state index is -0.480. The lowest BCUT2D eigenvalue weighted by atomic mass is 10.2. The van der Waals surface area contributed by atoms with Crippen LogP contribution in [0.25, 0.3) is 10.6 Å². The molecule has 1 aromatic carbocycles. The largest absolute Gasteiger partial charge is 0.310 e. The molecule has 134 valence electrons. The number of hydrogen-bond acceptors (Lipinski definition) is 4. The van der Waals surface area contributed by atoms with Crippen molar-refractivity contribution in [3.63, 3.8) is 0 Å². The number of rotatable bonds is 5. The average molecular weight is 376 g/mol. The molecular weight excluding hydrogens is 360 g/mol. The van der Waals surface area contributed by atoms with E-state index in [2.05, 4.69) is 15.5 Å². The second-order valence-corrected chi connectivity index (χ2v) is 6.89. The first-order valence-corrected chi connectivity index (χ1v) is 9.23. The van der Waals surface area contributed by atoms with E-state index in [-0.39, 0.29) is 11.1 Å². The molecule has 0 radical (unpaired) electrons. The Morgan fingerprint density at radius 2 is 1.96 bits per heavy atom. The molecule has 1 amide bonds. The van der Waals surface area contributed by atoms with Crippen LogP contribution in [0.4, 0.5) is 5.82 Å². The Bertz CT molecular complexity index is 1110. The number of anilines is 1. The van der Waals surface area contributed by atoms with Gasteiger partial charge in [0, 0.05) is 12.3 Å². The molecule has 0 aliphatic rings. The fraction of sp³-hybridized carbons (Fsp3) is 0.0500. The average Bonchev–Trinajstić information content (AvgIpc) is 3.36. The maximum absolute atomic E-state index is 12.7. The van der Waals surface area contributed by atoms with E-state index in [0.717, 1.165) is 16.1 Å². The fourth-order valence-electron chi connectivity index (χ4n) is 2.74. The van der Waals surface area contributed by atoms with Crippen molar-refractivity contribution in [3.8, 4) is 10.6 Å². The van der Waals surface area contributed by atoms with E-state index in [0.29, 0.717) is 12.4 Å². The zero-order valence-corrected chi connectivity index (χ0v) is 15.1. The van der Waals surface area contributed by atoms with E-state index in [1.165, 1.54) is 10.6 Å². The molecule has 4 rings (SSSR count). The van der Waals surface area contributed by atoms with Gasteiger partial charge in [0.1, 0.15) is 5.56 Å². The highest BCUT2D eigenvalue weighted by molar-refractivity contribution is 7.13. The van der Waals surface area contributed by atoms with E-state index in [4.69, 9.17) is 0 Å². The number of nitrogens with one attached hydrogen (secondary N) is 2. The summed E-state index contributed by atoms with van der Waals surface area (Å²) < 4.78 is 1.52. The van der Waals surface area contributed by atoms with Crippen LogP contribution in [-0.4, -0.2) is 20.7 Å². The Kier molecular flexibility index (Phi) is 4.67. The molecule has 0 unspecified atom stereocenters. The van der Waals surface area contributed by atoms with Gasteiger partial charge in [-0.1, -0.05) is 36.4 Å². The standard InChI is InChI=1S/C20H16N4O2S/c25-19(21-18-12-16(22-23-18)17-9-5-11-27-17)15-8-4-10-24(20(15)26)13-14-6-2-1-3-7-14/h1-12H,13H2,(H2,21,22,23,25). The zero-order valence-electron chi connectivity index (χ0n) is 14.3. The lowest BCUT2D eigenvalue weighted by Gasteiger charge is -2.08. The van der Waals surface area contributed by atoms with E-state index in [1.54, 1.807) is 29.7 Å². The summed E-state index contributed by atoms with van der Waals surface area (Å²) in [5.41, 5.74) is 1.54. The van der Waals surface area contributed by atoms with Crippen molar-refractivity contribution in [2.24, 2.45) is 0 Å². The molecule has 7 heteroatoms. The van der Waals surface area contributed by atoms with E-state index >= 15 is 0 Å². The molecule has 0 spiro atoms. The van der Waals surface area contributed by atoms with E-state index in [9.17, 15) is 9.59 Å². The van der Waals surface area contributed by atoms with Crippen molar-refractivity contribution >= 4 is 23.1 Å². The Hall–Kier alpha value is -3.45. The minimum Gasteiger partial charge on any atom is -0.310 e. The van der Waals surface area contributed by atoms with Gasteiger partial charge in [-0.2, -0.15) is 5.10 Å². The van der Waals surface area contributed by atoms with Crippen LogP contribution < -0.4 is 10.9 Å². The summed E-state index contributed by atoms with van der Waals surface area (Å²) in [4.78, 5) is 26.3. The van der Waals surface area contributed by atoms with Crippen LogP contribution >= 0.6 is 11.3 Å². The van der Waals surface area contributed by atoms with Crippen molar-refractivity contribution in [1.29, 1.82) is 0 Å². The highest BCUT2D eigenvalue weighted by Crippen LogP contribution is 2.24. The van der Waals surface area contributed by atoms with Crippen LogP contribution in [0.1, 0.15) is 15.9 Å². The van der Waals surface area contributed by atoms with Crippen molar-refractivity contribution in [3.05, 3.63) is 93.7 Å². The van der Waals surface area contributed by atoms with Gasteiger partial charge in [-0.3, -0.25) is 14.7 Å². The summed E-state index contributed by atoms with van der Waals surface area (Å²) in [6, 6.07) is 18.5. The topological polar surface area (TPSA) is 79.8 Å². The zero-order chi connectivity index (χ0) is 18.6. The van der Waals surface area contributed by atoms with Crippen LogP contribution in [-0.2, 0) is 6.54 Å². The molecule has 4 aromatic rings. The second kappa shape index (κ2) is 7.43. The fourth-order valence-corrected chi connectivity index (χ4v) is 3.43. The van der Waals surface area contributed by atoms with Crippen molar-refractivity contribution in [2.45, 2.75) is 6.54 Å². The maximum atomic E-state index is 12.7. The normalized spacial score (nSPS) is 10.7. The number of benzene rings is 1. The molecule has 2 N–H and O–H groups in total. The van der Waals surface area contributed by atoms with E-state index in [1.807, 2.05) is 47.8 Å². The first-order valence-electron chi connectivity index (χ1n) is 8.35. The first kappa shape index (κ1) is 17.0. The predicted molar refractivity (Wildman–Crippen MR) is 106 cm³/mol. The number of amides is 1. The molecule has 0 fully saturated rings. The van der Waals surface area contributed by atoms with Crippen LogP contribution in [0.3, 0.4) is 0 Å². The van der Waals surface area contributed by atoms with Gasteiger partial charge in [-0.05, 0) is 29.1 Å². The monoisotopic (exact) mass is 376 g/mol. The molecule has 27 heavy (non-hydrogen) atoms. The van der Waals surface area contributed by atoms with Gasteiger partial charge in [0.25, 0.3) is 11.5 Å². The van der Waals surface area contributed by atoms with Gasteiger partial charge in [-0.15, -0.1) is 11.3 Å². The Labute approximate surface area is 159 Å². The molecule has 0 aliphatic carbocycles. The lowest BCUT2D eigenvalue weighted by Crippen LogP contribution is -2.29. The molecular formula is C20H16N4O2S. The van der Waals surface area contributed by atoms with Crippen LogP contribution in [0.2, 0.25) is 0 Å². The summed E-state index contributed by atoms with van der Waals surface area (Å²) in [7, 11) is 0. The molecule has 6 nitrogen and oxygen atoms in total. The molecule has 0 aliphatic heterocycles. The second-order valence-electron chi connectivity index (χ2n) is 5.94. The van der Waals surface area contributed by atoms with E-state index < -0.39 is 5.91 Å². The van der Waals surface area contributed by atoms with Crippen LogP contribution in [0, 0.1) is 0 Å². The smallest absolute Gasteiger partial charge is 0.263 e. The third-order valence-corrected chi connectivity index (χ3v) is 4.97. The number of H-pyrrole nitrogens is 1. The highest BCUT2D eigenvalue weighted by atomic mass is 32.1. The first-order chi connectivity index (χ1) is 13.2. The number of nitrogens with zero attached hydrogens (tertiary/aromatic N) is 2. The number of carbonyl (C=O) groups is 1. The summed E-state index contributed by atoms with van der Waals surface area (Å²) in [5.74, 6) is -0.104. The van der Waals surface area contributed by atoms with Gasteiger partial charge < -0.3 is 9.88 Å². The third-order valence-electron chi connectivity index (χ3n) is 4.07. The van der Waals surface area contributed by atoms with Crippen LogP contribution in [0.5, 0.6) is 0 Å². The van der Waals surface area contributed by atoms with Crippen LogP contribution in [0.15, 0.2) is 77.0 Å². The van der Waals surface area contributed by atoms with Gasteiger partial charge in [0.2, 0.25) is 0 Å². The quantitative estimate of drug-likeness (QED) is 0.558. The van der Waals surface area contributed by atoms with Gasteiger partial charge in [0.05, 0.1) is 17.1 Å². The van der Waals surface area contributed by atoms with Crippen molar-refractivity contribution in [1.82, 2.24) is 14.8 Å². The van der Waals surface area contributed by atoms with Gasteiger partial charge in [0.15, 0.2) is 5.82 Å². The number of thiophene rings is 1. The third kappa shape index (κ3) is 3.73. The molecule has 3 heterocycles. The Morgan fingerprint density at radius 3 is 2.74 bits per heavy atom. The Balaban J connectivity index is 1.54. The SMILES string of the molecule is O=C(Nc1cc(-c2cccs2)[nH]n1)c1cccn(Cc2ccccc2)c1=O. The number of pyridine rings is 1. The van der Waals surface area contributed by atoms with Gasteiger partial charge in [-0.25, -0.2) is 0 Å². The maximum Gasteiger partial charge on any atom is 0.263 e. The lowest BCUT2D eigenvalue weighted by molar-refractivity contribution is 0.102. The van der Waals surface area contributed by atoms with Crippen molar-refractivity contribution < 1.29 is 4.79 Å². The minimum absolute atomic E-state index is 0.0779. The highest BCUT2D eigenvalue weighted by Gasteiger charge is 2.14. The number of aromatic amines is 1. The summed E-state index contributed by atoms with van der Waals surface area (Å²) in [5, 5.41) is 11.6. The molecule has 3 aromatic heterocycles. The summed E-state index contributed by atoms with van der Waals surface area (Å²) in [6.45, 7) is 0.408. The molecule has 0 saturated carbocycles. The number of carbonyl (C=O) groups excluding carboxylic acids is 1. The number of aromatic nitrogens is 3. The number of hydrogen-bond donors (Lipinski definition) is 2. The summed E-state index contributed by atoms with van der Waals surface area (Å²) >= 11 is 1.57. The molecule has 0 bridgehead atoms.